The average molecular weight is 236 g/mol. The van der Waals surface area contributed by atoms with Crippen LogP contribution in [0.3, 0.4) is 0 Å². The zero-order valence-corrected chi connectivity index (χ0v) is 10.7. The molecule has 0 aromatic carbocycles. The lowest BCUT2D eigenvalue weighted by molar-refractivity contribution is -0.134. The van der Waals surface area contributed by atoms with Crippen molar-refractivity contribution in [1.82, 2.24) is 0 Å². The van der Waals surface area contributed by atoms with E-state index >= 15 is 0 Å². The standard InChI is InChI=1S/C14H20O3/c1-9-6-5-7-14(3,4)12(9)8-11(10(2)15)13(16)17/h8,12H,1,5-7H2,2-4H3,(H,16,17)/b11-8-. The highest BCUT2D eigenvalue weighted by molar-refractivity contribution is 6.15. The largest absolute Gasteiger partial charge is 0.478 e. The number of rotatable bonds is 3. The fraction of sp³-hybridized carbons (Fsp3) is 0.571. The molecule has 1 unspecified atom stereocenters. The second-order valence-electron chi connectivity index (χ2n) is 5.42. The first-order valence-electron chi connectivity index (χ1n) is 5.89. The molecule has 1 rings (SSSR count). The minimum absolute atomic E-state index is 0.0220. The molecule has 17 heavy (non-hydrogen) atoms. The summed E-state index contributed by atoms with van der Waals surface area (Å²) in [6, 6.07) is 0. The van der Waals surface area contributed by atoms with Crippen molar-refractivity contribution in [2.45, 2.75) is 40.0 Å². The van der Waals surface area contributed by atoms with Gasteiger partial charge in [-0.2, -0.15) is 0 Å². The molecular formula is C14H20O3. The van der Waals surface area contributed by atoms with Gasteiger partial charge in [0.05, 0.1) is 5.57 Å². The summed E-state index contributed by atoms with van der Waals surface area (Å²) in [4.78, 5) is 22.3. The van der Waals surface area contributed by atoms with Gasteiger partial charge in [-0.1, -0.05) is 32.1 Å². The molecule has 3 heteroatoms. The van der Waals surface area contributed by atoms with Crippen LogP contribution in [-0.2, 0) is 9.59 Å². The van der Waals surface area contributed by atoms with Crippen molar-refractivity contribution in [1.29, 1.82) is 0 Å². The van der Waals surface area contributed by atoms with Crippen LogP contribution < -0.4 is 0 Å². The summed E-state index contributed by atoms with van der Waals surface area (Å²) in [5.41, 5.74) is 0.887. The normalized spacial score (nSPS) is 24.5. The number of aliphatic carboxylic acids is 1. The molecule has 0 aromatic heterocycles. The molecule has 1 atom stereocenters. The number of carbonyl (C=O) groups is 2. The number of ketones is 1. The van der Waals surface area contributed by atoms with E-state index in [0.29, 0.717) is 0 Å². The highest BCUT2D eigenvalue weighted by Crippen LogP contribution is 2.44. The Balaban J connectivity index is 3.11. The molecule has 0 aromatic rings. The van der Waals surface area contributed by atoms with E-state index in [9.17, 15) is 9.59 Å². The molecule has 1 fully saturated rings. The molecule has 1 N–H and O–H groups in total. The van der Waals surface area contributed by atoms with Gasteiger partial charge in [-0.15, -0.1) is 0 Å². The lowest BCUT2D eigenvalue weighted by Gasteiger charge is -2.38. The van der Waals surface area contributed by atoms with Gasteiger partial charge >= 0.3 is 5.97 Å². The van der Waals surface area contributed by atoms with Gasteiger partial charge in [0, 0.05) is 5.92 Å². The van der Waals surface area contributed by atoms with Crippen LogP contribution >= 0.6 is 0 Å². The zero-order chi connectivity index (χ0) is 13.2. The lowest BCUT2D eigenvalue weighted by Crippen LogP contribution is -2.29. The average Bonchev–Trinajstić information content (AvgIpc) is 2.14. The Labute approximate surface area is 102 Å². The van der Waals surface area contributed by atoms with E-state index < -0.39 is 11.8 Å². The highest BCUT2D eigenvalue weighted by atomic mass is 16.4. The number of allylic oxidation sites excluding steroid dienone is 2. The molecular weight excluding hydrogens is 216 g/mol. The Morgan fingerprint density at radius 2 is 2.06 bits per heavy atom. The summed E-state index contributed by atoms with van der Waals surface area (Å²) in [6.07, 6.45) is 4.61. The quantitative estimate of drug-likeness (QED) is 0.355. The van der Waals surface area contributed by atoms with Gasteiger partial charge in [-0.3, -0.25) is 4.79 Å². The van der Waals surface area contributed by atoms with Crippen molar-refractivity contribution in [3.05, 3.63) is 23.8 Å². The van der Waals surface area contributed by atoms with E-state index in [1.807, 2.05) is 0 Å². The summed E-state index contributed by atoms with van der Waals surface area (Å²) in [5.74, 6) is -1.57. The SMILES string of the molecule is C=C1CCCC(C)(C)C1/C=C(/C(C)=O)C(=O)O. The fourth-order valence-corrected chi connectivity index (χ4v) is 2.48. The van der Waals surface area contributed by atoms with Crippen molar-refractivity contribution in [3.8, 4) is 0 Å². The second-order valence-corrected chi connectivity index (χ2v) is 5.42. The lowest BCUT2D eigenvalue weighted by atomic mass is 9.66. The van der Waals surface area contributed by atoms with Crippen LogP contribution in [0.2, 0.25) is 0 Å². The predicted molar refractivity (Wildman–Crippen MR) is 66.7 cm³/mol. The van der Waals surface area contributed by atoms with Crippen molar-refractivity contribution in [3.63, 3.8) is 0 Å². The predicted octanol–water partition coefficient (Wildman–Crippen LogP) is 2.97. The molecule has 0 spiro atoms. The maximum Gasteiger partial charge on any atom is 0.339 e. The molecule has 0 radical (unpaired) electrons. The summed E-state index contributed by atoms with van der Waals surface area (Å²) in [6.45, 7) is 9.50. The topological polar surface area (TPSA) is 54.4 Å². The third-order valence-electron chi connectivity index (χ3n) is 3.54. The van der Waals surface area contributed by atoms with E-state index in [-0.39, 0.29) is 16.9 Å². The molecule has 0 bridgehead atoms. The Kier molecular flexibility index (Phi) is 3.91. The van der Waals surface area contributed by atoms with Crippen LogP contribution in [-0.4, -0.2) is 16.9 Å². The van der Waals surface area contributed by atoms with Crippen molar-refractivity contribution < 1.29 is 14.7 Å². The first-order chi connectivity index (χ1) is 7.75. The van der Waals surface area contributed by atoms with Crippen LogP contribution in [0.15, 0.2) is 23.8 Å². The number of carboxylic acid groups (broad SMARTS) is 1. The van der Waals surface area contributed by atoms with Crippen LogP contribution in [0.25, 0.3) is 0 Å². The molecule has 0 heterocycles. The van der Waals surface area contributed by atoms with Gasteiger partial charge in [0.1, 0.15) is 0 Å². The summed E-state index contributed by atoms with van der Waals surface area (Å²) in [5, 5.41) is 9.01. The van der Waals surface area contributed by atoms with E-state index in [0.717, 1.165) is 24.8 Å². The highest BCUT2D eigenvalue weighted by Gasteiger charge is 2.34. The van der Waals surface area contributed by atoms with Crippen molar-refractivity contribution >= 4 is 11.8 Å². The fourth-order valence-electron chi connectivity index (χ4n) is 2.48. The van der Waals surface area contributed by atoms with Gasteiger partial charge < -0.3 is 5.11 Å². The van der Waals surface area contributed by atoms with E-state index in [4.69, 9.17) is 5.11 Å². The number of carbonyl (C=O) groups excluding carboxylic acids is 1. The summed E-state index contributed by atoms with van der Waals surface area (Å²) in [7, 11) is 0. The first kappa shape index (κ1) is 13.7. The summed E-state index contributed by atoms with van der Waals surface area (Å²) < 4.78 is 0. The zero-order valence-electron chi connectivity index (χ0n) is 10.7. The van der Waals surface area contributed by atoms with Gasteiger partial charge in [0.15, 0.2) is 5.78 Å². The van der Waals surface area contributed by atoms with Crippen LogP contribution in [0.4, 0.5) is 0 Å². The third-order valence-corrected chi connectivity index (χ3v) is 3.54. The summed E-state index contributed by atoms with van der Waals surface area (Å²) >= 11 is 0. The van der Waals surface area contributed by atoms with Gasteiger partial charge in [0.25, 0.3) is 0 Å². The van der Waals surface area contributed by atoms with E-state index in [1.54, 1.807) is 6.08 Å². The Hall–Kier alpha value is -1.38. The minimum Gasteiger partial charge on any atom is -0.478 e. The first-order valence-corrected chi connectivity index (χ1v) is 5.89. The van der Waals surface area contributed by atoms with Gasteiger partial charge in [-0.25, -0.2) is 4.79 Å². The van der Waals surface area contributed by atoms with E-state index in [2.05, 4.69) is 20.4 Å². The van der Waals surface area contributed by atoms with Crippen LogP contribution in [0.1, 0.15) is 40.0 Å². The Bertz CT molecular complexity index is 372. The number of hydrogen-bond acceptors (Lipinski definition) is 2. The van der Waals surface area contributed by atoms with Crippen LogP contribution in [0.5, 0.6) is 0 Å². The molecule has 3 nitrogen and oxygen atoms in total. The Morgan fingerprint density at radius 1 is 1.47 bits per heavy atom. The van der Waals surface area contributed by atoms with Crippen LogP contribution in [0, 0.1) is 11.3 Å². The molecule has 1 aliphatic carbocycles. The van der Waals surface area contributed by atoms with Gasteiger partial charge in [0.2, 0.25) is 0 Å². The smallest absolute Gasteiger partial charge is 0.339 e. The maximum absolute atomic E-state index is 11.3. The molecule has 0 amide bonds. The number of Topliss-reactive ketones (excluding diaryl/α,β-unsaturated/α-hetero) is 1. The third kappa shape index (κ3) is 3.05. The second kappa shape index (κ2) is 4.86. The molecule has 94 valence electrons. The van der Waals surface area contributed by atoms with Crippen molar-refractivity contribution in [2.24, 2.45) is 11.3 Å². The van der Waals surface area contributed by atoms with Gasteiger partial charge in [-0.05, 0) is 31.6 Å². The molecule has 0 aliphatic heterocycles. The molecule has 1 aliphatic rings. The Morgan fingerprint density at radius 3 is 2.47 bits per heavy atom. The number of carboxylic acids is 1. The minimum atomic E-state index is -1.15. The maximum atomic E-state index is 11.3. The number of hydrogen-bond donors (Lipinski definition) is 1. The van der Waals surface area contributed by atoms with Crippen molar-refractivity contribution in [2.75, 3.05) is 0 Å². The van der Waals surface area contributed by atoms with E-state index in [1.165, 1.54) is 6.92 Å². The molecule has 0 saturated heterocycles. The monoisotopic (exact) mass is 236 g/mol. The molecule has 1 saturated carbocycles.